The molecule has 0 saturated carbocycles. The zero-order chi connectivity index (χ0) is 27.2. The molecule has 3 aromatic rings. The fourth-order valence-corrected chi connectivity index (χ4v) is 3.62. The Morgan fingerprint density at radius 2 is 1.68 bits per heavy atom. The van der Waals surface area contributed by atoms with E-state index >= 15 is 0 Å². The number of carbonyl (C=O) groups is 3. The Balaban J connectivity index is 1.92. The molecule has 2 unspecified atom stereocenters. The number of carbonyl (C=O) groups excluding carboxylic acids is 3. The summed E-state index contributed by atoms with van der Waals surface area (Å²) in [6.45, 7) is 4.15. The Bertz CT molecular complexity index is 1320. The van der Waals surface area contributed by atoms with Crippen LogP contribution in [0.4, 0.5) is 10.5 Å². The van der Waals surface area contributed by atoms with Gasteiger partial charge in [-0.05, 0) is 61.4 Å². The summed E-state index contributed by atoms with van der Waals surface area (Å²) in [6, 6.07) is 17.9. The average Bonchev–Trinajstić information content (AvgIpc) is 2.85. The van der Waals surface area contributed by atoms with Crippen molar-refractivity contribution in [3.05, 3.63) is 72.3 Å². The largest absolute Gasteiger partial charge is 0.508 e. The lowest BCUT2D eigenvalue weighted by atomic mass is 10.0. The zero-order valence-corrected chi connectivity index (χ0v) is 20.8. The number of anilines is 1. The Kier molecular flexibility index (Phi) is 8.37. The highest BCUT2D eigenvalue weighted by atomic mass is 16.6. The van der Waals surface area contributed by atoms with Crippen LogP contribution in [0.5, 0.6) is 5.75 Å². The first-order valence-electron chi connectivity index (χ1n) is 11.5. The van der Waals surface area contributed by atoms with Crippen LogP contribution in [0, 0.1) is 12.5 Å². The molecule has 0 aliphatic heterocycles. The van der Waals surface area contributed by atoms with Gasteiger partial charge in [-0.2, -0.15) is 0 Å². The van der Waals surface area contributed by atoms with E-state index in [-0.39, 0.29) is 5.75 Å². The van der Waals surface area contributed by atoms with Gasteiger partial charge in [0.25, 0.3) is 11.8 Å². The minimum absolute atomic E-state index is 0.0455. The molecule has 0 bridgehead atoms. The van der Waals surface area contributed by atoms with Crippen LogP contribution < -0.4 is 10.6 Å². The number of amides is 3. The van der Waals surface area contributed by atoms with Crippen molar-refractivity contribution in [1.82, 2.24) is 10.2 Å². The number of ether oxygens (including phenoxy) is 1. The molecule has 192 valence electrons. The van der Waals surface area contributed by atoms with Gasteiger partial charge < -0.3 is 25.6 Å². The number of phenols is 1. The van der Waals surface area contributed by atoms with Gasteiger partial charge in [0.1, 0.15) is 23.4 Å². The van der Waals surface area contributed by atoms with Crippen LogP contribution in [0.3, 0.4) is 0 Å². The molecule has 0 heterocycles. The SMILES string of the molecule is C#CN(C(=O)C(CO)NC(=O)OC(C)(C)C)C(C(=O)Nc1ccc2ccccc2c1)c1ccc(O)cc1. The number of hydrogen-bond acceptors (Lipinski definition) is 6. The summed E-state index contributed by atoms with van der Waals surface area (Å²) in [4.78, 5) is 39.9. The zero-order valence-electron chi connectivity index (χ0n) is 20.8. The number of fused-ring (bicyclic) bond motifs is 1. The van der Waals surface area contributed by atoms with E-state index in [0.717, 1.165) is 15.7 Å². The normalized spacial score (nSPS) is 12.6. The average molecular weight is 504 g/mol. The van der Waals surface area contributed by atoms with Gasteiger partial charge in [-0.3, -0.25) is 14.5 Å². The first kappa shape index (κ1) is 27.0. The highest BCUT2D eigenvalue weighted by Gasteiger charge is 2.35. The number of nitrogens with zero attached hydrogens (tertiary/aromatic N) is 1. The number of aliphatic hydroxyl groups is 1. The summed E-state index contributed by atoms with van der Waals surface area (Å²) in [6.07, 6.45) is 4.74. The molecule has 9 nitrogen and oxygen atoms in total. The predicted octanol–water partition coefficient (Wildman–Crippen LogP) is 3.53. The second-order valence-corrected chi connectivity index (χ2v) is 9.26. The van der Waals surface area contributed by atoms with E-state index in [4.69, 9.17) is 11.2 Å². The van der Waals surface area contributed by atoms with Crippen molar-refractivity contribution in [3.63, 3.8) is 0 Å². The number of aromatic hydroxyl groups is 1. The van der Waals surface area contributed by atoms with Crippen molar-refractivity contribution in [2.75, 3.05) is 11.9 Å². The van der Waals surface area contributed by atoms with E-state index in [0.29, 0.717) is 11.3 Å². The summed E-state index contributed by atoms with van der Waals surface area (Å²) < 4.78 is 5.16. The molecule has 37 heavy (non-hydrogen) atoms. The van der Waals surface area contributed by atoms with E-state index in [9.17, 15) is 24.6 Å². The summed E-state index contributed by atoms with van der Waals surface area (Å²) >= 11 is 0. The fraction of sp³-hybridized carbons (Fsp3) is 0.250. The minimum Gasteiger partial charge on any atom is -0.508 e. The van der Waals surface area contributed by atoms with E-state index in [1.54, 1.807) is 32.9 Å². The molecule has 0 aromatic heterocycles. The molecule has 0 fully saturated rings. The quantitative estimate of drug-likeness (QED) is 0.289. The maximum absolute atomic E-state index is 13.5. The highest BCUT2D eigenvalue weighted by Crippen LogP contribution is 2.26. The molecular formula is C28H29N3O6. The van der Waals surface area contributed by atoms with Crippen LogP contribution in [-0.2, 0) is 14.3 Å². The number of rotatable bonds is 7. The molecule has 4 N–H and O–H groups in total. The molecule has 0 saturated heterocycles. The second kappa shape index (κ2) is 11.5. The van der Waals surface area contributed by atoms with Gasteiger partial charge in [-0.1, -0.05) is 48.9 Å². The summed E-state index contributed by atoms with van der Waals surface area (Å²) in [5.41, 5.74) is -0.0633. The summed E-state index contributed by atoms with van der Waals surface area (Å²) in [5.74, 6) is -1.58. The lowest BCUT2D eigenvalue weighted by Gasteiger charge is -2.29. The number of alkyl carbamates (subject to hydrolysis) is 1. The molecule has 3 aromatic carbocycles. The number of terminal acetylenes is 1. The summed E-state index contributed by atoms with van der Waals surface area (Å²) in [5, 5.41) is 26.5. The third-order valence-electron chi connectivity index (χ3n) is 5.28. The Morgan fingerprint density at radius 1 is 1.03 bits per heavy atom. The van der Waals surface area contributed by atoms with Crippen molar-refractivity contribution in [1.29, 1.82) is 0 Å². The number of nitrogens with one attached hydrogen (secondary N) is 2. The molecule has 0 aliphatic rings. The molecule has 3 amide bonds. The first-order valence-corrected chi connectivity index (χ1v) is 11.5. The number of phenolic OH excluding ortho intramolecular Hbond substituents is 1. The van der Waals surface area contributed by atoms with Crippen LogP contribution in [0.1, 0.15) is 32.4 Å². The van der Waals surface area contributed by atoms with Gasteiger partial charge in [-0.25, -0.2) is 4.79 Å². The maximum atomic E-state index is 13.5. The lowest BCUT2D eigenvalue weighted by molar-refractivity contribution is -0.137. The van der Waals surface area contributed by atoms with Crippen LogP contribution in [-0.4, -0.2) is 51.3 Å². The third-order valence-corrected chi connectivity index (χ3v) is 5.28. The molecule has 0 spiro atoms. The van der Waals surface area contributed by atoms with Gasteiger partial charge >= 0.3 is 6.09 Å². The van der Waals surface area contributed by atoms with Crippen molar-refractivity contribution in [2.24, 2.45) is 0 Å². The van der Waals surface area contributed by atoms with Crippen molar-refractivity contribution in [2.45, 2.75) is 38.5 Å². The van der Waals surface area contributed by atoms with Gasteiger partial charge in [0.05, 0.1) is 6.61 Å². The number of aliphatic hydroxyl groups excluding tert-OH is 1. The molecular weight excluding hydrogens is 474 g/mol. The fourth-order valence-electron chi connectivity index (χ4n) is 3.62. The predicted molar refractivity (Wildman–Crippen MR) is 139 cm³/mol. The molecule has 0 radical (unpaired) electrons. The van der Waals surface area contributed by atoms with Crippen LogP contribution in [0.15, 0.2) is 66.7 Å². The van der Waals surface area contributed by atoms with Gasteiger partial charge in [-0.15, -0.1) is 0 Å². The summed E-state index contributed by atoms with van der Waals surface area (Å²) in [7, 11) is 0. The molecule has 2 atom stereocenters. The van der Waals surface area contributed by atoms with Crippen LogP contribution >= 0.6 is 0 Å². The van der Waals surface area contributed by atoms with E-state index in [2.05, 4.69) is 16.7 Å². The maximum Gasteiger partial charge on any atom is 0.408 e. The number of benzene rings is 3. The third kappa shape index (κ3) is 6.99. The lowest BCUT2D eigenvalue weighted by Crippen LogP contribution is -2.52. The standard InChI is InChI=1S/C28H29N3O6/c1-5-31(26(35)23(17-32)30-27(36)37-28(2,3)4)24(19-11-14-22(33)15-12-19)25(34)29-21-13-10-18-8-6-7-9-20(18)16-21/h1,6-16,23-24,32-33H,17H2,2-4H3,(H,29,34)(H,30,36). The van der Waals surface area contributed by atoms with Crippen molar-refractivity contribution in [3.8, 4) is 18.2 Å². The monoisotopic (exact) mass is 503 g/mol. The van der Waals surface area contributed by atoms with E-state index in [1.807, 2.05) is 30.3 Å². The second-order valence-electron chi connectivity index (χ2n) is 9.26. The van der Waals surface area contributed by atoms with E-state index in [1.165, 1.54) is 24.3 Å². The topological polar surface area (TPSA) is 128 Å². The van der Waals surface area contributed by atoms with Gasteiger partial charge in [0.2, 0.25) is 0 Å². The molecule has 3 rings (SSSR count). The smallest absolute Gasteiger partial charge is 0.408 e. The first-order chi connectivity index (χ1) is 17.5. The van der Waals surface area contributed by atoms with E-state index < -0.39 is 42.2 Å². The van der Waals surface area contributed by atoms with Crippen LogP contribution in [0.2, 0.25) is 0 Å². The highest BCUT2D eigenvalue weighted by molar-refractivity contribution is 6.01. The molecule has 0 aliphatic carbocycles. The molecule has 9 heteroatoms. The van der Waals surface area contributed by atoms with Gasteiger partial charge in [0, 0.05) is 11.7 Å². The Hall–Kier alpha value is -4.55. The Labute approximate surface area is 215 Å². The number of hydrogen-bond donors (Lipinski definition) is 4. The minimum atomic E-state index is -1.47. The Morgan fingerprint density at radius 3 is 2.27 bits per heavy atom. The van der Waals surface area contributed by atoms with Crippen LogP contribution in [0.25, 0.3) is 10.8 Å². The van der Waals surface area contributed by atoms with Crippen molar-refractivity contribution < 1.29 is 29.3 Å². The van der Waals surface area contributed by atoms with Gasteiger partial charge in [0.15, 0.2) is 0 Å². The van der Waals surface area contributed by atoms with Crippen molar-refractivity contribution >= 4 is 34.4 Å².